The van der Waals surface area contributed by atoms with Crippen molar-refractivity contribution in [3.63, 3.8) is 0 Å². The molecule has 70 valence electrons. The van der Waals surface area contributed by atoms with E-state index in [2.05, 4.69) is 11.2 Å². The third-order valence-electron chi connectivity index (χ3n) is 1.07. The Morgan fingerprint density at radius 2 is 2.33 bits per heavy atom. The van der Waals surface area contributed by atoms with Gasteiger partial charge in [-0.1, -0.05) is 26.7 Å². The lowest BCUT2D eigenvalue weighted by Crippen LogP contribution is -2.24. The van der Waals surface area contributed by atoms with E-state index in [1.807, 2.05) is 6.92 Å². The number of terminal acetylenes is 1. The molecule has 0 aromatic heterocycles. The molecule has 3 heteroatoms. The minimum absolute atomic E-state index is 0. The molecule has 0 aliphatic rings. The van der Waals surface area contributed by atoms with Gasteiger partial charge in [0.25, 0.3) is 0 Å². The second-order valence-electron chi connectivity index (χ2n) is 2.05. The van der Waals surface area contributed by atoms with E-state index in [1.165, 1.54) is 0 Å². The molecule has 1 N–H and O–H groups in total. The first kappa shape index (κ1) is 13.4. The molecule has 0 saturated carbocycles. The van der Waals surface area contributed by atoms with Crippen molar-refractivity contribution in [1.82, 2.24) is 5.32 Å². The fourth-order valence-electron chi connectivity index (χ4n) is 0.483. The van der Waals surface area contributed by atoms with E-state index in [4.69, 9.17) is 11.2 Å². The standard InChI is InChI=1S/C8H13NO2.CH4/c1-3-5-7-11-8(10)9-6-4-2;/h2H,3,5-7H2,1H3,(H,9,10);1H4. The molecule has 3 nitrogen and oxygen atoms in total. The summed E-state index contributed by atoms with van der Waals surface area (Å²) in [4.78, 5) is 10.6. The van der Waals surface area contributed by atoms with Crippen LogP contribution < -0.4 is 5.32 Å². The average molecular weight is 171 g/mol. The number of unbranched alkanes of at least 4 members (excludes halogenated alkanes) is 1. The molecule has 0 atom stereocenters. The summed E-state index contributed by atoms with van der Waals surface area (Å²) in [5, 5.41) is 2.39. The van der Waals surface area contributed by atoms with Gasteiger partial charge in [0, 0.05) is 0 Å². The summed E-state index contributed by atoms with van der Waals surface area (Å²) in [6, 6.07) is 0. The van der Waals surface area contributed by atoms with Crippen molar-refractivity contribution in [3.8, 4) is 12.3 Å². The summed E-state index contributed by atoms with van der Waals surface area (Å²) in [6.07, 6.45) is 6.39. The third-order valence-corrected chi connectivity index (χ3v) is 1.07. The number of rotatable bonds is 4. The predicted octanol–water partition coefficient (Wildman–Crippen LogP) is 1.78. The molecule has 1 amide bonds. The summed E-state index contributed by atoms with van der Waals surface area (Å²) in [7, 11) is 0. The van der Waals surface area contributed by atoms with Crippen molar-refractivity contribution in [1.29, 1.82) is 0 Å². The molecule has 0 rings (SSSR count). The Labute approximate surface area is 74.5 Å². The van der Waals surface area contributed by atoms with Crippen molar-refractivity contribution in [2.75, 3.05) is 13.2 Å². The monoisotopic (exact) mass is 171 g/mol. The van der Waals surface area contributed by atoms with E-state index < -0.39 is 6.09 Å². The van der Waals surface area contributed by atoms with Crippen molar-refractivity contribution in [3.05, 3.63) is 0 Å². The number of carbonyl (C=O) groups is 1. The molecule has 0 aromatic rings. The van der Waals surface area contributed by atoms with E-state index in [9.17, 15) is 4.79 Å². The number of amides is 1. The van der Waals surface area contributed by atoms with Gasteiger partial charge in [-0.2, -0.15) is 0 Å². The Bertz CT molecular complexity index is 149. The Hall–Kier alpha value is -1.17. The lowest BCUT2D eigenvalue weighted by molar-refractivity contribution is 0.146. The topological polar surface area (TPSA) is 38.3 Å². The van der Waals surface area contributed by atoms with E-state index in [0.29, 0.717) is 6.61 Å². The number of ether oxygens (including phenoxy) is 1. The zero-order valence-corrected chi connectivity index (χ0v) is 6.72. The largest absolute Gasteiger partial charge is 0.450 e. The molecule has 0 aliphatic carbocycles. The maximum absolute atomic E-state index is 10.6. The molecule has 0 radical (unpaired) electrons. The third kappa shape index (κ3) is 8.83. The van der Waals surface area contributed by atoms with Crippen LogP contribution in [0.1, 0.15) is 27.2 Å². The summed E-state index contributed by atoms with van der Waals surface area (Å²) >= 11 is 0. The lowest BCUT2D eigenvalue weighted by atomic mass is 10.4. The number of hydrogen-bond donors (Lipinski definition) is 1. The second kappa shape index (κ2) is 9.83. The highest BCUT2D eigenvalue weighted by molar-refractivity contribution is 5.67. The number of carbonyl (C=O) groups excluding carboxylic acids is 1. The van der Waals surface area contributed by atoms with E-state index in [0.717, 1.165) is 12.8 Å². The molecule has 0 saturated heterocycles. The average Bonchev–Trinajstić information content (AvgIpc) is 2.01. The van der Waals surface area contributed by atoms with Crippen LogP contribution in [0.5, 0.6) is 0 Å². The van der Waals surface area contributed by atoms with Crippen molar-refractivity contribution in [2.24, 2.45) is 0 Å². The van der Waals surface area contributed by atoms with Gasteiger partial charge in [-0.25, -0.2) is 4.79 Å². The van der Waals surface area contributed by atoms with Crippen LogP contribution in [-0.4, -0.2) is 19.2 Å². The molecule has 12 heavy (non-hydrogen) atoms. The first-order valence-electron chi connectivity index (χ1n) is 3.65. The quantitative estimate of drug-likeness (QED) is 0.517. The first-order valence-corrected chi connectivity index (χ1v) is 3.65. The minimum atomic E-state index is -0.434. The van der Waals surface area contributed by atoms with E-state index in [1.54, 1.807) is 0 Å². The fourth-order valence-corrected chi connectivity index (χ4v) is 0.483. The summed E-state index contributed by atoms with van der Waals surface area (Å²) in [5.74, 6) is 2.28. The van der Waals surface area contributed by atoms with Crippen molar-refractivity contribution >= 4 is 6.09 Å². The Morgan fingerprint density at radius 1 is 1.67 bits per heavy atom. The predicted molar refractivity (Wildman–Crippen MR) is 49.8 cm³/mol. The Kier molecular flexibility index (Phi) is 11.0. The summed E-state index contributed by atoms with van der Waals surface area (Å²) < 4.78 is 4.74. The van der Waals surface area contributed by atoms with Crippen LogP contribution in [0.25, 0.3) is 0 Å². The second-order valence-corrected chi connectivity index (χ2v) is 2.05. The van der Waals surface area contributed by atoms with Gasteiger partial charge in [-0.3, -0.25) is 0 Å². The highest BCUT2D eigenvalue weighted by Gasteiger charge is 1.96. The van der Waals surface area contributed by atoms with Crippen LogP contribution in [0.15, 0.2) is 0 Å². The maximum atomic E-state index is 10.6. The van der Waals surface area contributed by atoms with Crippen LogP contribution in [-0.2, 0) is 4.74 Å². The SMILES string of the molecule is C.C#CCNC(=O)OCCCC. The van der Waals surface area contributed by atoms with E-state index >= 15 is 0 Å². The zero-order valence-electron chi connectivity index (χ0n) is 6.72. The van der Waals surface area contributed by atoms with Crippen LogP contribution >= 0.6 is 0 Å². The number of alkyl carbamates (subject to hydrolysis) is 1. The molecule has 0 spiro atoms. The van der Waals surface area contributed by atoms with Gasteiger partial charge in [-0.05, 0) is 6.42 Å². The Balaban J connectivity index is 0. The highest BCUT2D eigenvalue weighted by Crippen LogP contribution is 1.87. The summed E-state index contributed by atoms with van der Waals surface area (Å²) in [6.45, 7) is 2.72. The van der Waals surface area contributed by atoms with Crippen molar-refractivity contribution in [2.45, 2.75) is 27.2 Å². The normalized spacial score (nSPS) is 7.67. The molecule has 0 heterocycles. The van der Waals surface area contributed by atoms with Gasteiger partial charge in [0.1, 0.15) is 0 Å². The molecule has 0 unspecified atom stereocenters. The fraction of sp³-hybridized carbons (Fsp3) is 0.667. The molecular formula is C9H17NO2. The highest BCUT2D eigenvalue weighted by atomic mass is 16.5. The van der Waals surface area contributed by atoms with Crippen molar-refractivity contribution < 1.29 is 9.53 Å². The number of hydrogen-bond acceptors (Lipinski definition) is 2. The van der Waals surface area contributed by atoms with Gasteiger partial charge in [0.15, 0.2) is 0 Å². The molecule has 0 aromatic carbocycles. The lowest BCUT2D eigenvalue weighted by Gasteiger charge is -2.02. The van der Waals surface area contributed by atoms with Gasteiger partial charge in [0.2, 0.25) is 0 Å². The molecule has 0 fully saturated rings. The molecular weight excluding hydrogens is 154 g/mol. The molecule has 0 bridgehead atoms. The zero-order chi connectivity index (χ0) is 8.53. The first-order chi connectivity index (χ1) is 5.31. The van der Waals surface area contributed by atoms with Crippen LogP contribution in [0.2, 0.25) is 0 Å². The van der Waals surface area contributed by atoms with Gasteiger partial charge >= 0.3 is 6.09 Å². The summed E-state index contributed by atoms with van der Waals surface area (Å²) in [5.41, 5.74) is 0. The van der Waals surface area contributed by atoms with Gasteiger partial charge in [-0.15, -0.1) is 6.42 Å². The van der Waals surface area contributed by atoms with Crippen LogP contribution in [0, 0.1) is 12.3 Å². The van der Waals surface area contributed by atoms with Crippen LogP contribution in [0.4, 0.5) is 4.79 Å². The van der Waals surface area contributed by atoms with Gasteiger partial charge in [0.05, 0.1) is 13.2 Å². The van der Waals surface area contributed by atoms with Crippen LogP contribution in [0.3, 0.4) is 0 Å². The van der Waals surface area contributed by atoms with E-state index in [-0.39, 0.29) is 14.0 Å². The maximum Gasteiger partial charge on any atom is 0.407 e. The molecule has 0 aliphatic heterocycles. The minimum Gasteiger partial charge on any atom is -0.450 e. The smallest absolute Gasteiger partial charge is 0.407 e. The van der Waals surface area contributed by atoms with Gasteiger partial charge < -0.3 is 10.1 Å². The number of nitrogens with one attached hydrogen (secondary N) is 1. The Morgan fingerprint density at radius 3 is 2.83 bits per heavy atom.